The van der Waals surface area contributed by atoms with Gasteiger partial charge in [-0.15, -0.1) is 0 Å². The number of hydrogen-bond donors (Lipinski definition) is 1. The molecule has 0 bridgehead atoms. The summed E-state index contributed by atoms with van der Waals surface area (Å²) >= 11 is 1.47. The third-order valence-corrected chi connectivity index (χ3v) is 2.20. The van der Waals surface area contributed by atoms with E-state index in [0.29, 0.717) is 0 Å². The van der Waals surface area contributed by atoms with Gasteiger partial charge < -0.3 is 5.73 Å². The lowest BCUT2D eigenvalue weighted by Crippen LogP contribution is -1.82. The van der Waals surface area contributed by atoms with Gasteiger partial charge in [0.25, 0.3) is 0 Å². The maximum absolute atomic E-state index is 5.67. The van der Waals surface area contributed by atoms with Gasteiger partial charge in [0.05, 0.1) is 10.9 Å². The van der Waals surface area contributed by atoms with E-state index in [2.05, 4.69) is 4.37 Å². The van der Waals surface area contributed by atoms with Crippen LogP contribution in [0.15, 0.2) is 24.4 Å². The smallest absolute Gasteiger partial charge is 0.0570 e. The van der Waals surface area contributed by atoms with Crippen LogP contribution in [0.25, 0.3) is 10.1 Å². The molecule has 0 atom stereocenters. The molecule has 0 aliphatic carbocycles. The summed E-state index contributed by atoms with van der Waals surface area (Å²) in [4.78, 5) is 0. The zero-order valence-electron chi connectivity index (χ0n) is 5.24. The Balaban J connectivity index is 2.95. The molecular weight excluding hydrogens is 144 g/mol. The highest BCUT2D eigenvalue weighted by Crippen LogP contribution is 2.22. The molecule has 2 rings (SSSR count). The Hall–Kier alpha value is -1.09. The van der Waals surface area contributed by atoms with Crippen molar-refractivity contribution < 1.29 is 0 Å². The van der Waals surface area contributed by atoms with Gasteiger partial charge in [-0.2, -0.15) is 4.37 Å². The number of hydrogen-bond acceptors (Lipinski definition) is 3. The minimum absolute atomic E-state index is 0.811. The number of nitrogens with zero attached hydrogens (tertiary/aromatic N) is 1. The molecule has 1 aromatic heterocycles. The topological polar surface area (TPSA) is 38.9 Å². The predicted molar refractivity (Wildman–Crippen MR) is 44.0 cm³/mol. The van der Waals surface area contributed by atoms with Crippen molar-refractivity contribution in [1.29, 1.82) is 0 Å². The predicted octanol–water partition coefficient (Wildman–Crippen LogP) is 1.88. The zero-order chi connectivity index (χ0) is 6.97. The molecule has 3 heteroatoms. The molecule has 0 saturated heterocycles. The molecule has 0 fully saturated rings. The van der Waals surface area contributed by atoms with Crippen LogP contribution in [-0.2, 0) is 0 Å². The molecule has 0 aliphatic rings. The van der Waals surface area contributed by atoms with Crippen molar-refractivity contribution in [1.82, 2.24) is 4.37 Å². The number of aromatic nitrogens is 1. The van der Waals surface area contributed by atoms with Gasteiger partial charge in [0.2, 0.25) is 0 Å². The summed E-state index contributed by atoms with van der Waals surface area (Å²) in [6, 6.07) is 5.84. The normalized spacial score (nSPS) is 10.4. The quantitative estimate of drug-likeness (QED) is 0.582. The summed E-state index contributed by atoms with van der Waals surface area (Å²) in [5, 5.41) is 1.06. The van der Waals surface area contributed by atoms with Gasteiger partial charge in [0.15, 0.2) is 0 Å². The molecule has 2 aromatic rings. The number of fused-ring (bicyclic) bond motifs is 1. The maximum Gasteiger partial charge on any atom is 0.0570 e. The number of nitrogens with two attached hydrogens (primary N) is 1. The van der Waals surface area contributed by atoms with Crippen molar-refractivity contribution in [3.05, 3.63) is 24.4 Å². The molecule has 0 amide bonds. The van der Waals surface area contributed by atoms with Crippen molar-refractivity contribution in [3.8, 4) is 0 Å². The highest BCUT2D eigenvalue weighted by Gasteiger charge is 1.96. The van der Waals surface area contributed by atoms with E-state index in [9.17, 15) is 0 Å². The molecule has 50 valence electrons. The molecule has 2 N–H and O–H groups in total. The number of anilines is 1. The zero-order valence-corrected chi connectivity index (χ0v) is 6.06. The monoisotopic (exact) mass is 150 g/mol. The van der Waals surface area contributed by atoms with E-state index in [0.717, 1.165) is 15.8 Å². The molecule has 0 radical (unpaired) electrons. The van der Waals surface area contributed by atoms with Crippen molar-refractivity contribution >= 4 is 27.3 Å². The minimum atomic E-state index is 0.811. The van der Waals surface area contributed by atoms with Crippen molar-refractivity contribution in [2.24, 2.45) is 0 Å². The Kier molecular flexibility index (Phi) is 1.11. The Morgan fingerprint density at radius 3 is 3.10 bits per heavy atom. The minimum Gasteiger partial charge on any atom is -0.398 e. The first kappa shape index (κ1) is 5.68. The van der Waals surface area contributed by atoms with Gasteiger partial charge in [-0.1, -0.05) is 6.07 Å². The number of rotatable bonds is 0. The fourth-order valence-electron chi connectivity index (χ4n) is 0.915. The highest BCUT2D eigenvalue weighted by molar-refractivity contribution is 7.13. The summed E-state index contributed by atoms with van der Waals surface area (Å²) in [5.41, 5.74) is 6.48. The van der Waals surface area contributed by atoms with E-state index < -0.39 is 0 Å². The lowest BCUT2D eigenvalue weighted by molar-refractivity contribution is 1.60. The van der Waals surface area contributed by atoms with E-state index in [1.54, 1.807) is 6.20 Å². The first-order valence-electron chi connectivity index (χ1n) is 2.97. The van der Waals surface area contributed by atoms with Crippen molar-refractivity contribution in [2.75, 3.05) is 5.73 Å². The second kappa shape index (κ2) is 1.95. The standard InChI is InChI=1S/C7H6N2S/c8-6-2-1-3-7-5(6)4-9-10-7/h1-4H,8H2. The second-order valence-corrected chi connectivity index (χ2v) is 2.92. The summed E-state index contributed by atoms with van der Waals surface area (Å²) in [7, 11) is 0. The average molecular weight is 150 g/mol. The Morgan fingerprint density at radius 2 is 2.30 bits per heavy atom. The summed E-state index contributed by atoms with van der Waals surface area (Å²) in [6.45, 7) is 0. The molecule has 1 heterocycles. The van der Waals surface area contributed by atoms with Crippen molar-refractivity contribution in [3.63, 3.8) is 0 Å². The molecule has 0 unspecified atom stereocenters. The molecule has 0 saturated carbocycles. The average Bonchev–Trinajstić information content (AvgIpc) is 2.36. The van der Waals surface area contributed by atoms with E-state index in [4.69, 9.17) is 5.73 Å². The van der Waals surface area contributed by atoms with Gasteiger partial charge in [0, 0.05) is 11.1 Å². The van der Waals surface area contributed by atoms with E-state index in [1.165, 1.54) is 11.5 Å². The molecular formula is C7H6N2S. The summed E-state index contributed by atoms with van der Waals surface area (Å²) in [6.07, 6.45) is 1.80. The molecule has 10 heavy (non-hydrogen) atoms. The molecule has 2 nitrogen and oxygen atoms in total. The third-order valence-electron chi connectivity index (χ3n) is 1.43. The SMILES string of the molecule is Nc1cccc2sncc12. The van der Waals surface area contributed by atoms with Crippen LogP contribution < -0.4 is 5.73 Å². The second-order valence-electron chi connectivity index (χ2n) is 2.08. The van der Waals surface area contributed by atoms with Gasteiger partial charge in [-0.25, -0.2) is 0 Å². The van der Waals surface area contributed by atoms with Crippen LogP contribution in [0.1, 0.15) is 0 Å². The largest absolute Gasteiger partial charge is 0.398 e. The fraction of sp³-hybridized carbons (Fsp3) is 0. The fourth-order valence-corrected chi connectivity index (χ4v) is 1.59. The number of benzene rings is 1. The van der Waals surface area contributed by atoms with Crippen LogP contribution in [0.4, 0.5) is 5.69 Å². The maximum atomic E-state index is 5.67. The Labute approximate surface area is 62.5 Å². The van der Waals surface area contributed by atoms with Gasteiger partial charge in [-0.3, -0.25) is 0 Å². The highest BCUT2D eigenvalue weighted by atomic mass is 32.1. The lowest BCUT2D eigenvalue weighted by Gasteiger charge is -1.90. The Morgan fingerprint density at radius 1 is 1.40 bits per heavy atom. The molecule has 1 aromatic carbocycles. The first-order chi connectivity index (χ1) is 4.88. The molecule has 0 aliphatic heterocycles. The summed E-state index contributed by atoms with van der Waals surface area (Å²) in [5.74, 6) is 0. The molecule has 0 spiro atoms. The van der Waals surface area contributed by atoms with Crippen molar-refractivity contribution in [2.45, 2.75) is 0 Å². The first-order valence-corrected chi connectivity index (χ1v) is 3.74. The Bertz CT molecular complexity index is 353. The van der Waals surface area contributed by atoms with Crippen LogP contribution in [-0.4, -0.2) is 4.37 Å². The summed E-state index contributed by atoms with van der Waals surface area (Å²) < 4.78 is 5.18. The lowest BCUT2D eigenvalue weighted by atomic mass is 10.2. The van der Waals surface area contributed by atoms with Gasteiger partial charge >= 0.3 is 0 Å². The van der Waals surface area contributed by atoms with Crippen LogP contribution in [0.3, 0.4) is 0 Å². The third kappa shape index (κ3) is 0.675. The van der Waals surface area contributed by atoms with Crippen LogP contribution in [0.5, 0.6) is 0 Å². The van der Waals surface area contributed by atoms with Crippen LogP contribution >= 0.6 is 11.5 Å². The van der Waals surface area contributed by atoms with E-state index >= 15 is 0 Å². The van der Waals surface area contributed by atoms with Gasteiger partial charge in [0.1, 0.15) is 0 Å². The van der Waals surface area contributed by atoms with E-state index in [-0.39, 0.29) is 0 Å². The van der Waals surface area contributed by atoms with Gasteiger partial charge in [-0.05, 0) is 23.7 Å². The van der Waals surface area contributed by atoms with Crippen LogP contribution in [0.2, 0.25) is 0 Å². The van der Waals surface area contributed by atoms with Crippen LogP contribution in [0, 0.1) is 0 Å². The number of nitrogen functional groups attached to an aromatic ring is 1. The van der Waals surface area contributed by atoms with E-state index in [1.807, 2.05) is 18.2 Å².